The minimum Gasteiger partial charge on any atom is -0.394 e. The molecule has 6 atom stereocenters. The van der Waals surface area contributed by atoms with Crippen LogP contribution >= 0.6 is 12.6 Å². The maximum Gasteiger partial charge on any atom is 0.208 e. The first-order valence-corrected chi connectivity index (χ1v) is 10.6. The molecule has 3 heterocycles. The van der Waals surface area contributed by atoms with Crippen LogP contribution in [0.1, 0.15) is 18.9 Å². The van der Waals surface area contributed by atoms with E-state index in [1.165, 1.54) is 6.34 Å². The molecule has 3 aliphatic rings. The number of ether oxygens (including phenoxy) is 1. The Balaban J connectivity index is 1.66. The highest BCUT2D eigenvalue weighted by Crippen LogP contribution is 2.34. The Morgan fingerprint density at radius 1 is 1.30 bits per heavy atom. The molecule has 1 aromatic rings. The Hall–Kier alpha value is -1.82. The van der Waals surface area contributed by atoms with Crippen LogP contribution in [0, 0.1) is 0 Å². The molecular formula is C20H27N5O4S. The number of aliphatic hydroxyl groups excluding tert-OH is 2. The van der Waals surface area contributed by atoms with Gasteiger partial charge < -0.3 is 20.1 Å². The average Bonchev–Trinajstić information content (AvgIpc) is 3.25. The first-order valence-electron chi connectivity index (χ1n) is 10.1. The molecule has 1 aromatic carbocycles. The summed E-state index contributed by atoms with van der Waals surface area (Å²) < 4.78 is 5.89. The van der Waals surface area contributed by atoms with Crippen molar-refractivity contribution in [2.24, 2.45) is 15.0 Å². The second kappa shape index (κ2) is 8.74. The molecule has 162 valence electrons. The number of fused-ring (bicyclic) bond motifs is 1. The average molecular weight is 434 g/mol. The van der Waals surface area contributed by atoms with Gasteiger partial charge in [0.05, 0.1) is 18.0 Å². The van der Waals surface area contributed by atoms with E-state index in [0.717, 1.165) is 12.0 Å². The predicted octanol–water partition coefficient (Wildman–Crippen LogP) is -0.226. The summed E-state index contributed by atoms with van der Waals surface area (Å²) in [7, 11) is 0. The number of thiol groups is 1. The lowest BCUT2D eigenvalue weighted by atomic mass is 9.97. The molecule has 1 saturated heterocycles. The lowest BCUT2D eigenvalue weighted by molar-refractivity contribution is -0.0667. The topological polar surface area (TPSA) is 122 Å². The van der Waals surface area contributed by atoms with Gasteiger partial charge in [-0.1, -0.05) is 37.3 Å². The molecule has 3 aliphatic heterocycles. The molecule has 1 fully saturated rings. The SMILES string of the molecule is CCCNC1N=C2C(=NC=NC2(O)Cc2ccccc2)N1[C@@H]1O[C@H](CO)[C@@H](O)[C@H]1S. The number of hydrogen-bond acceptors (Lipinski definition) is 10. The maximum atomic E-state index is 11.4. The molecule has 0 amide bonds. The van der Waals surface area contributed by atoms with Gasteiger partial charge in [-0.25, -0.2) is 15.0 Å². The second-order valence-electron chi connectivity index (χ2n) is 7.62. The van der Waals surface area contributed by atoms with Crippen molar-refractivity contribution in [3.05, 3.63) is 35.9 Å². The summed E-state index contributed by atoms with van der Waals surface area (Å²) in [5.41, 5.74) is -0.315. The Labute approximate surface area is 180 Å². The van der Waals surface area contributed by atoms with Crippen molar-refractivity contribution in [2.75, 3.05) is 13.2 Å². The number of amidine groups is 1. The minimum atomic E-state index is -1.57. The van der Waals surface area contributed by atoms with Crippen molar-refractivity contribution in [2.45, 2.75) is 55.5 Å². The molecule has 0 spiro atoms. The van der Waals surface area contributed by atoms with Gasteiger partial charge in [0.25, 0.3) is 0 Å². The van der Waals surface area contributed by atoms with Crippen molar-refractivity contribution >= 4 is 30.5 Å². The minimum absolute atomic E-state index is 0.244. The number of nitrogens with one attached hydrogen (secondary N) is 1. The monoisotopic (exact) mass is 433 g/mol. The zero-order valence-electron chi connectivity index (χ0n) is 16.7. The maximum absolute atomic E-state index is 11.4. The van der Waals surface area contributed by atoms with Gasteiger partial charge in [0.1, 0.15) is 24.4 Å². The van der Waals surface area contributed by atoms with E-state index in [4.69, 9.17) is 9.73 Å². The smallest absolute Gasteiger partial charge is 0.208 e. The third kappa shape index (κ3) is 3.79. The lowest BCUT2D eigenvalue weighted by Gasteiger charge is -2.35. The van der Waals surface area contributed by atoms with Gasteiger partial charge in [0.2, 0.25) is 5.72 Å². The number of rotatable bonds is 7. The van der Waals surface area contributed by atoms with Crippen LogP contribution in [0.5, 0.6) is 0 Å². The highest BCUT2D eigenvalue weighted by molar-refractivity contribution is 7.81. The fourth-order valence-electron chi connectivity index (χ4n) is 3.93. The van der Waals surface area contributed by atoms with Crippen LogP contribution in [0.15, 0.2) is 45.3 Å². The molecule has 4 rings (SSSR count). The first-order chi connectivity index (χ1) is 14.5. The molecule has 4 N–H and O–H groups in total. The van der Waals surface area contributed by atoms with E-state index in [1.807, 2.05) is 37.3 Å². The standard InChI is InChI=1S/C20H27N5O4S/c1-2-8-21-19-24-16-17(25(19)18-15(30)14(27)13(10-26)29-18)22-11-23-20(16,28)9-12-6-4-3-5-7-12/h3-7,11,13-15,18-19,21,26-28,30H,2,8-10H2,1H3/t13-,14-,15-,18-,19?,20?/m1/s1. The normalized spacial score (nSPS) is 35.4. The zero-order chi connectivity index (χ0) is 21.3. The summed E-state index contributed by atoms with van der Waals surface area (Å²) in [6.45, 7) is 2.40. The summed E-state index contributed by atoms with van der Waals surface area (Å²) in [5, 5.41) is 34.0. The Morgan fingerprint density at radius 2 is 2.07 bits per heavy atom. The van der Waals surface area contributed by atoms with Crippen molar-refractivity contribution in [1.29, 1.82) is 0 Å². The van der Waals surface area contributed by atoms with Crippen molar-refractivity contribution in [3.63, 3.8) is 0 Å². The molecule has 2 unspecified atom stereocenters. The van der Waals surface area contributed by atoms with E-state index in [0.29, 0.717) is 18.1 Å². The van der Waals surface area contributed by atoms with Crippen LogP contribution in [0.2, 0.25) is 0 Å². The Morgan fingerprint density at radius 3 is 2.73 bits per heavy atom. The predicted molar refractivity (Wildman–Crippen MR) is 117 cm³/mol. The van der Waals surface area contributed by atoms with E-state index in [-0.39, 0.29) is 13.0 Å². The quantitative estimate of drug-likeness (QED) is 0.379. The largest absolute Gasteiger partial charge is 0.394 e. The van der Waals surface area contributed by atoms with Crippen LogP contribution in [-0.4, -0.2) is 87.0 Å². The summed E-state index contributed by atoms with van der Waals surface area (Å²) in [6, 6.07) is 9.57. The van der Waals surface area contributed by atoms with Crippen LogP contribution in [0.3, 0.4) is 0 Å². The molecule has 0 radical (unpaired) electrons. The number of aliphatic imine (C=N–C) groups is 3. The van der Waals surface area contributed by atoms with Gasteiger partial charge >= 0.3 is 0 Å². The fraction of sp³-hybridized carbons (Fsp3) is 0.550. The molecular weight excluding hydrogens is 406 g/mol. The van der Waals surface area contributed by atoms with Crippen LogP contribution in [0.25, 0.3) is 0 Å². The summed E-state index contributed by atoms with van der Waals surface area (Å²) in [5.74, 6) is 0.423. The number of nitrogens with zero attached hydrogens (tertiary/aromatic N) is 4. The van der Waals surface area contributed by atoms with Crippen molar-refractivity contribution < 1.29 is 20.1 Å². The van der Waals surface area contributed by atoms with Crippen molar-refractivity contribution in [3.8, 4) is 0 Å². The number of benzene rings is 1. The molecule has 0 bridgehead atoms. The molecule has 30 heavy (non-hydrogen) atoms. The Bertz CT molecular complexity index is 851. The van der Waals surface area contributed by atoms with Gasteiger partial charge in [-0.05, 0) is 18.5 Å². The van der Waals surface area contributed by atoms with Crippen LogP contribution in [0.4, 0.5) is 0 Å². The summed E-state index contributed by atoms with van der Waals surface area (Å²) in [6.07, 6.45) is -0.503. The van der Waals surface area contributed by atoms with Gasteiger partial charge in [-0.2, -0.15) is 12.6 Å². The van der Waals surface area contributed by atoms with E-state index in [2.05, 4.69) is 27.9 Å². The van der Waals surface area contributed by atoms with E-state index >= 15 is 0 Å². The number of hydrogen-bond donors (Lipinski definition) is 5. The van der Waals surface area contributed by atoms with Gasteiger partial charge in [0.15, 0.2) is 12.1 Å². The third-order valence-electron chi connectivity index (χ3n) is 5.46. The van der Waals surface area contributed by atoms with E-state index in [1.54, 1.807) is 4.90 Å². The van der Waals surface area contributed by atoms with Crippen LogP contribution in [-0.2, 0) is 11.2 Å². The van der Waals surface area contributed by atoms with E-state index in [9.17, 15) is 15.3 Å². The molecule has 0 saturated carbocycles. The van der Waals surface area contributed by atoms with Crippen LogP contribution < -0.4 is 5.32 Å². The molecule has 10 heteroatoms. The second-order valence-corrected chi connectivity index (χ2v) is 8.21. The summed E-state index contributed by atoms with van der Waals surface area (Å²) >= 11 is 4.52. The number of aliphatic hydroxyl groups is 3. The molecule has 9 nitrogen and oxygen atoms in total. The highest BCUT2D eigenvalue weighted by atomic mass is 32.1. The molecule has 0 aromatic heterocycles. The first kappa shape index (κ1) is 21.4. The van der Waals surface area contributed by atoms with Gasteiger partial charge in [0, 0.05) is 6.42 Å². The summed E-state index contributed by atoms with van der Waals surface area (Å²) in [4.78, 5) is 15.1. The third-order valence-corrected chi connectivity index (χ3v) is 6.02. The van der Waals surface area contributed by atoms with Gasteiger partial charge in [-0.3, -0.25) is 10.2 Å². The molecule has 0 aliphatic carbocycles. The van der Waals surface area contributed by atoms with Gasteiger partial charge in [-0.15, -0.1) is 0 Å². The van der Waals surface area contributed by atoms with E-state index < -0.39 is 35.7 Å². The van der Waals surface area contributed by atoms with Crippen molar-refractivity contribution in [1.82, 2.24) is 10.2 Å². The fourth-order valence-corrected chi connectivity index (χ4v) is 4.33. The Kier molecular flexibility index (Phi) is 6.24. The lowest BCUT2D eigenvalue weighted by Crippen LogP contribution is -2.56. The highest BCUT2D eigenvalue weighted by Gasteiger charge is 2.53. The zero-order valence-corrected chi connectivity index (χ0v) is 17.6.